The largest absolute Gasteiger partial charge is 0.209 e. The van der Waals surface area contributed by atoms with Crippen molar-refractivity contribution in [3.63, 3.8) is 0 Å². The zero-order valence-corrected chi connectivity index (χ0v) is 18.7. The van der Waals surface area contributed by atoms with Gasteiger partial charge in [-0.2, -0.15) is 60.5 Å². The van der Waals surface area contributed by atoms with Gasteiger partial charge in [0.05, 0.1) is 50.2 Å². The minimum absolute atomic E-state index is 0.475. The average Bonchev–Trinajstić information content (AvgIpc) is 3.59. The molecule has 0 amide bonds. The molecule has 0 saturated carbocycles. The van der Waals surface area contributed by atoms with Crippen LogP contribution in [0.3, 0.4) is 0 Å². The van der Waals surface area contributed by atoms with Gasteiger partial charge in [0.15, 0.2) is 0 Å². The van der Waals surface area contributed by atoms with Gasteiger partial charge in [-0.05, 0) is 0 Å². The number of benzene rings is 1. The number of hydrogen-bond acceptors (Lipinski definition) is 9. The summed E-state index contributed by atoms with van der Waals surface area (Å²) in [5, 5.41) is 84.5. The molecule has 3 aliphatic rings. The van der Waals surface area contributed by atoms with Gasteiger partial charge in [-0.1, -0.05) is 0 Å². The molecule has 4 rings (SSSR count). The number of rotatable bonds is 0. The van der Waals surface area contributed by atoms with Crippen LogP contribution in [0.1, 0.15) is 0 Å². The first-order chi connectivity index (χ1) is 18.8. The molecule has 0 radical (unpaired) electrons. The molecule has 0 aromatic heterocycles. The molecule has 174 valence electrons. The predicted octanol–water partition coefficient (Wildman–Crippen LogP) is -0.985. The van der Waals surface area contributed by atoms with E-state index in [1.807, 2.05) is 0 Å². The Hall–Kier alpha value is -7.14. The number of nitriles is 9. The summed E-state index contributed by atoms with van der Waals surface area (Å²) in [4.78, 5) is 0. The Bertz CT molecular complexity index is 2000. The van der Waals surface area contributed by atoms with E-state index in [4.69, 9.17) is 0 Å². The molecule has 0 heterocycles. The highest BCUT2D eigenvalue weighted by Gasteiger charge is 2.36. The van der Waals surface area contributed by atoms with Gasteiger partial charge in [0.1, 0.15) is 54.6 Å². The van der Waals surface area contributed by atoms with Crippen molar-refractivity contribution in [2.24, 2.45) is 0 Å². The summed E-state index contributed by atoms with van der Waals surface area (Å²) in [6.45, 7) is 0. The fraction of sp³-hybridized carbons (Fsp3) is 0. The molecule has 0 fully saturated rings. The van der Waals surface area contributed by atoms with Crippen LogP contribution in [0.2, 0.25) is 0 Å². The molecule has 39 heavy (non-hydrogen) atoms. The monoisotopic (exact) mass is 507 g/mol. The minimum Gasteiger partial charge on any atom is -0.194 e. The molecule has 0 spiro atoms. The van der Waals surface area contributed by atoms with Crippen molar-refractivity contribution in [1.29, 1.82) is 47.4 Å². The SMILES string of the molecule is N#CC(F)=C1C(C#N)=c2c3c(c4c(c2=C1C#N)=C(C#N)C(=C(F)C#N)C=4C#N)=C(C#N)C(=C(F)C#N)C=3C#N. The summed E-state index contributed by atoms with van der Waals surface area (Å²) in [6, 6.07) is 13.1. The summed E-state index contributed by atoms with van der Waals surface area (Å²) < 4.78 is 44.5. The third kappa shape index (κ3) is 2.86. The van der Waals surface area contributed by atoms with Crippen LogP contribution >= 0.6 is 0 Å². The Labute approximate surface area is 214 Å². The number of nitrogens with zero attached hydrogens (tertiary/aromatic N) is 9. The first kappa shape index (κ1) is 25.0. The lowest BCUT2D eigenvalue weighted by atomic mass is 10.0. The van der Waals surface area contributed by atoms with Crippen molar-refractivity contribution in [2.45, 2.75) is 0 Å². The summed E-state index contributed by atoms with van der Waals surface area (Å²) >= 11 is 0. The summed E-state index contributed by atoms with van der Waals surface area (Å²) in [6.07, 6.45) is 0. The van der Waals surface area contributed by atoms with E-state index in [1.165, 1.54) is 0 Å². The fourth-order valence-corrected chi connectivity index (χ4v) is 4.87. The second kappa shape index (κ2) is 8.82. The van der Waals surface area contributed by atoms with Gasteiger partial charge >= 0.3 is 0 Å². The fourth-order valence-electron chi connectivity index (χ4n) is 4.87. The zero-order valence-electron chi connectivity index (χ0n) is 18.7. The zero-order chi connectivity index (χ0) is 28.8. The van der Waals surface area contributed by atoms with E-state index in [-0.39, 0.29) is 0 Å². The van der Waals surface area contributed by atoms with Crippen molar-refractivity contribution < 1.29 is 13.2 Å². The highest BCUT2D eigenvalue weighted by Crippen LogP contribution is 2.30. The van der Waals surface area contributed by atoms with Crippen LogP contribution < -0.4 is 31.3 Å². The number of halogens is 3. The Morgan fingerprint density at radius 1 is 0.333 bits per heavy atom. The summed E-state index contributed by atoms with van der Waals surface area (Å²) in [5.41, 5.74) is -6.82. The van der Waals surface area contributed by atoms with Gasteiger partial charge in [0.25, 0.3) is 0 Å². The summed E-state index contributed by atoms with van der Waals surface area (Å²) in [7, 11) is 0. The lowest BCUT2D eigenvalue weighted by molar-refractivity contribution is 0.668. The van der Waals surface area contributed by atoms with Gasteiger partial charge in [0.2, 0.25) is 17.5 Å². The van der Waals surface area contributed by atoms with Gasteiger partial charge in [-0.15, -0.1) is 0 Å². The van der Waals surface area contributed by atoms with Crippen LogP contribution in [-0.4, -0.2) is 0 Å². The Morgan fingerprint density at radius 3 is 0.590 bits per heavy atom. The van der Waals surface area contributed by atoms with E-state index < -0.39 is 99.0 Å². The standard InChI is InChI=1S/C27F3N9/c28-16(7-37)19-10(1-31)22-23(11(19)2-32)25-14(5-35)21(18(30)9-39)15(6-36)27(25)26-13(4-34)20(17(29)8-38)12(3-33)24(22)26. The van der Waals surface area contributed by atoms with E-state index in [2.05, 4.69) is 0 Å². The third-order valence-electron chi connectivity index (χ3n) is 6.12. The lowest BCUT2D eigenvalue weighted by Gasteiger charge is -1.97. The highest BCUT2D eigenvalue weighted by atomic mass is 19.1. The molecule has 0 bridgehead atoms. The Balaban J connectivity index is 2.88. The molecular formula is C27F3N9. The molecule has 0 unspecified atom stereocenters. The summed E-state index contributed by atoms with van der Waals surface area (Å²) in [5.74, 6) is -4.87. The minimum atomic E-state index is -1.62. The molecule has 12 heteroatoms. The van der Waals surface area contributed by atoms with E-state index in [9.17, 15) is 60.5 Å². The predicted molar refractivity (Wildman–Crippen MR) is 120 cm³/mol. The molecule has 9 nitrogen and oxygen atoms in total. The van der Waals surface area contributed by atoms with E-state index in [0.717, 1.165) is 18.2 Å². The topological polar surface area (TPSA) is 214 Å². The van der Waals surface area contributed by atoms with Crippen molar-refractivity contribution in [3.05, 3.63) is 65.5 Å². The highest BCUT2D eigenvalue weighted by molar-refractivity contribution is 6.07. The number of allylic oxidation sites excluding steroid dienone is 6. The van der Waals surface area contributed by atoms with Crippen molar-refractivity contribution in [3.8, 4) is 54.6 Å². The van der Waals surface area contributed by atoms with Crippen LogP contribution in [-0.2, 0) is 0 Å². The molecular weight excluding hydrogens is 507 g/mol. The van der Waals surface area contributed by atoms with Gasteiger partial charge in [0, 0.05) is 31.3 Å². The lowest BCUT2D eigenvalue weighted by Crippen LogP contribution is -2.65. The molecule has 3 aliphatic carbocycles. The molecule has 1 aromatic rings. The van der Waals surface area contributed by atoms with Crippen LogP contribution in [0.5, 0.6) is 0 Å². The van der Waals surface area contributed by atoms with Crippen molar-refractivity contribution >= 4 is 33.4 Å². The second-order valence-electron chi connectivity index (χ2n) is 7.57. The average molecular weight is 507 g/mol. The van der Waals surface area contributed by atoms with Crippen LogP contribution in [0, 0.1) is 102 Å². The molecule has 0 aliphatic heterocycles. The van der Waals surface area contributed by atoms with Gasteiger partial charge < -0.3 is 0 Å². The number of fused-ring (bicyclic) bond motifs is 6. The van der Waals surface area contributed by atoms with E-state index in [0.29, 0.717) is 0 Å². The third-order valence-corrected chi connectivity index (χ3v) is 6.12. The Kier molecular flexibility index (Phi) is 5.65. The smallest absolute Gasteiger partial charge is 0.194 e. The van der Waals surface area contributed by atoms with Crippen molar-refractivity contribution in [1.82, 2.24) is 0 Å². The quantitative estimate of drug-likeness (QED) is 0.394. The van der Waals surface area contributed by atoms with E-state index >= 15 is 0 Å². The first-order valence-corrected chi connectivity index (χ1v) is 10.1. The second-order valence-corrected chi connectivity index (χ2v) is 7.57. The van der Waals surface area contributed by atoms with Crippen LogP contribution in [0.25, 0.3) is 33.4 Å². The maximum Gasteiger partial charge on any atom is 0.209 e. The number of hydrogen-bond donors (Lipinski definition) is 0. The van der Waals surface area contributed by atoms with Crippen LogP contribution in [0.4, 0.5) is 13.2 Å². The molecule has 0 N–H and O–H groups in total. The molecule has 0 saturated heterocycles. The molecule has 0 atom stereocenters. The normalized spacial score (nSPS) is 13.8. The van der Waals surface area contributed by atoms with Gasteiger partial charge in [-0.3, -0.25) is 0 Å². The van der Waals surface area contributed by atoms with E-state index in [1.54, 1.807) is 36.4 Å². The first-order valence-electron chi connectivity index (χ1n) is 10.1. The van der Waals surface area contributed by atoms with Crippen molar-refractivity contribution in [2.75, 3.05) is 0 Å². The Morgan fingerprint density at radius 2 is 0.487 bits per heavy atom. The molecule has 1 aromatic carbocycles. The van der Waals surface area contributed by atoms with Crippen LogP contribution in [0.15, 0.2) is 34.2 Å². The van der Waals surface area contributed by atoms with Gasteiger partial charge in [-0.25, -0.2) is 0 Å². The maximum atomic E-state index is 14.8. The maximum absolute atomic E-state index is 14.8.